The van der Waals surface area contributed by atoms with Crippen molar-refractivity contribution in [3.63, 3.8) is 0 Å². The monoisotopic (exact) mass is 505 g/mol. The molecule has 0 fully saturated rings. The van der Waals surface area contributed by atoms with E-state index < -0.39 is 0 Å². The second kappa shape index (κ2) is 13.0. The number of guanidine groups is 1. The molecule has 0 aliphatic rings. The Labute approximate surface area is 189 Å². The Balaban J connectivity index is 0.00000300. The van der Waals surface area contributed by atoms with Gasteiger partial charge in [-0.3, -0.25) is 0 Å². The van der Waals surface area contributed by atoms with Crippen molar-refractivity contribution in [2.75, 3.05) is 6.54 Å². The Morgan fingerprint density at radius 3 is 2.38 bits per heavy atom. The van der Waals surface area contributed by atoms with Gasteiger partial charge in [0.25, 0.3) is 0 Å². The maximum Gasteiger partial charge on any atom is 0.191 e. The summed E-state index contributed by atoms with van der Waals surface area (Å²) in [5, 5.41) is 6.56. The first-order chi connectivity index (χ1) is 13.8. The molecule has 0 aliphatic heterocycles. The Bertz CT molecular complexity index is 852. The quantitative estimate of drug-likeness (QED) is 0.248. The van der Waals surface area contributed by atoms with Gasteiger partial charge in [0.2, 0.25) is 0 Å². The normalized spacial score (nSPS) is 11.0. The number of hydrogen-bond donors (Lipinski definition) is 2. The van der Waals surface area contributed by atoms with Crippen molar-refractivity contribution in [3.05, 3.63) is 95.4 Å². The SMILES string of the molecule is CCNC(=NCc1ccccc1COCc1ccccc1)NCc1ccco1.I. The van der Waals surface area contributed by atoms with Crippen LogP contribution in [-0.4, -0.2) is 12.5 Å². The number of nitrogens with zero attached hydrogens (tertiary/aromatic N) is 1. The van der Waals surface area contributed by atoms with Crippen LogP contribution < -0.4 is 10.6 Å². The summed E-state index contributed by atoms with van der Waals surface area (Å²) < 4.78 is 11.3. The van der Waals surface area contributed by atoms with Crippen molar-refractivity contribution in [2.45, 2.75) is 33.2 Å². The first-order valence-corrected chi connectivity index (χ1v) is 9.58. The summed E-state index contributed by atoms with van der Waals surface area (Å²) in [5.74, 6) is 1.64. The predicted octanol–water partition coefficient (Wildman–Crippen LogP) is 4.87. The predicted molar refractivity (Wildman–Crippen MR) is 127 cm³/mol. The molecule has 0 atom stereocenters. The first-order valence-electron chi connectivity index (χ1n) is 9.58. The average molecular weight is 505 g/mol. The van der Waals surface area contributed by atoms with Gasteiger partial charge in [-0.15, -0.1) is 24.0 Å². The maximum atomic E-state index is 5.91. The number of aliphatic imine (C=N–C) groups is 1. The van der Waals surface area contributed by atoms with E-state index in [0.29, 0.717) is 26.3 Å². The molecule has 5 nitrogen and oxygen atoms in total. The van der Waals surface area contributed by atoms with Crippen LogP contribution in [0.2, 0.25) is 0 Å². The Morgan fingerprint density at radius 1 is 0.897 bits per heavy atom. The highest BCUT2D eigenvalue weighted by atomic mass is 127. The summed E-state index contributed by atoms with van der Waals surface area (Å²) in [7, 11) is 0. The summed E-state index contributed by atoms with van der Waals surface area (Å²) in [4.78, 5) is 4.71. The van der Waals surface area contributed by atoms with Crippen molar-refractivity contribution in [2.24, 2.45) is 4.99 Å². The maximum absolute atomic E-state index is 5.91. The lowest BCUT2D eigenvalue weighted by Gasteiger charge is -2.12. The van der Waals surface area contributed by atoms with Crippen LogP contribution in [0.1, 0.15) is 29.4 Å². The minimum Gasteiger partial charge on any atom is -0.467 e. The fraction of sp³-hybridized carbons (Fsp3) is 0.261. The number of hydrogen-bond acceptors (Lipinski definition) is 3. The molecule has 2 N–H and O–H groups in total. The van der Waals surface area contributed by atoms with E-state index in [0.717, 1.165) is 29.4 Å². The third-order valence-corrected chi connectivity index (χ3v) is 4.25. The molecule has 0 aliphatic carbocycles. The molecule has 29 heavy (non-hydrogen) atoms. The van der Waals surface area contributed by atoms with E-state index in [1.165, 1.54) is 5.56 Å². The fourth-order valence-corrected chi connectivity index (χ4v) is 2.80. The average Bonchev–Trinajstić information content (AvgIpc) is 3.25. The van der Waals surface area contributed by atoms with Gasteiger partial charge in [0, 0.05) is 6.54 Å². The topological polar surface area (TPSA) is 58.8 Å². The van der Waals surface area contributed by atoms with E-state index in [2.05, 4.69) is 41.8 Å². The third-order valence-electron chi connectivity index (χ3n) is 4.25. The second-order valence-electron chi connectivity index (χ2n) is 6.38. The van der Waals surface area contributed by atoms with E-state index in [-0.39, 0.29) is 24.0 Å². The van der Waals surface area contributed by atoms with Crippen LogP contribution >= 0.6 is 24.0 Å². The minimum atomic E-state index is 0. The molecule has 3 rings (SSSR count). The summed E-state index contributed by atoms with van der Waals surface area (Å²) >= 11 is 0. The van der Waals surface area contributed by atoms with Crippen LogP contribution in [0, 0.1) is 0 Å². The van der Waals surface area contributed by atoms with Gasteiger partial charge in [-0.05, 0) is 35.7 Å². The van der Waals surface area contributed by atoms with Crippen LogP contribution in [0.25, 0.3) is 0 Å². The molecule has 2 aromatic carbocycles. The van der Waals surface area contributed by atoms with Gasteiger partial charge in [-0.25, -0.2) is 4.99 Å². The second-order valence-corrected chi connectivity index (χ2v) is 6.38. The van der Waals surface area contributed by atoms with Crippen molar-refractivity contribution < 1.29 is 9.15 Å². The molecule has 0 saturated carbocycles. The van der Waals surface area contributed by atoms with Gasteiger partial charge in [-0.2, -0.15) is 0 Å². The summed E-state index contributed by atoms with van der Waals surface area (Å²) in [6.45, 7) is 5.20. The molecular formula is C23H28IN3O2. The molecule has 3 aromatic rings. The van der Waals surface area contributed by atoms with Crippen LogP contribution in [0.4, 0.5) is 0 Å². The van der Waals surface area contributed by atoms with Gasteiger partial charge in [0.15, 0.2) is 5.96 Å². The highest BCUT2D eigenvalue weighted by Crippen LogP contribution is 2.13. The zero-order valence-corrected chi connectivity index (χ0v) is 19.0. The van der Waals surface area contributed by atoms with Crippen LogP contribution in [0.5, 0.6) is 0 Å². The lowest BCUT2D eigenvalue weighted by atomic mass is 10.1. The number of furan rings is 1. The van der Waals surface area contributed by atoms with Crippen molar-refractivity contribution in [3.8, 4) is 0 Å². The molecule has 1 aromatic heterocycles. The standard InChI is InChI=1S/C23H27N3O2.HI/c1-2-24-23(26-16-22-13-8-14-28-22)25-15-20-11-6-7-12-21(20)18-27-17-19-9-4-3-5-10-19;/h3-14H,2,15-18H2,1H3,(H2,24,25,26);1H. The molecule has 0 bridgehead atoms. The number of ether oxygens (including phenoxy) is 1. The highest BCUT2D eigenvalue weighted by Gasteiger charge is 2.04. The van der Waals surface area contributed by atoms with Crippen molar-refractivity contribution in [1.29, 1.82) is 0 Å². The molecular weight excluding hydrogens is 477 g/mol. The van der Waals surface area contributed by atoms with E-state index >= 15 is 0 Å². The minimum absolute atomic E-state index is 0. The highest BCUT2D eigenvalue weighted by molar-refractivity contribution is 14.0. The lowest BCUT2D eigenvalue weighted by Crippen LogP contribution is -2.36. The van der Waals surface area contributed by atoms with Crippen LogP contribution in [-0.2, 0) is 31.0 Å². The summed E-state index contributed by atoms with van der Waals surface area (Å²) in [5.41, 5.74) is 3.49. The van der Waals surface area contributed by atoms with Crippen LogP contribution in [0.15, 0.2) is 82.4 Å². The van der Waals surface area contributed by atoms with Gasteiger partial charge < -0.3 is 19.8 Å². The Kier molecular flexibility index (Phi) is 10.3. The molecule has 6 heteroatoms. The molecule has 0 spiro atoms. The molecule has 0 radical (unpaired) electrons. The van der Waals surface area contributed by atoms with Gasteiger partial charge >= 0.3 is 0 Å². The summed E-state index contributed by atoms with van der Waals surface area (Å²) in [6, 6.07) is 22.3. The fourth-order valence-electron chi connectivity index (χ4n) is 2.80. The molecule has 0 saturated heterocycles. The number of rotatable bonds is 9. The molecule has 0 amide bonds. The van der Waals surface area contributed by atoms with E-state index in [4.69, 9.17) is 14.1 Å². The number of benzene rings is 2. The number of halogens is 1. The zero-order valence-electron chi connectivity index (χ0n) is 16.6. The van der Waals surface area contributed by atoms with Gasteiger partial charge in [-0.1, -0.05) is 54.6 Å². The largest absolute Gasteiger partial charge is 0.467 e. The van der Waals surface area contributed by atoms with Crippen molar-refractivity contribution in [1.82, 2.24) is 10.6 Å². The van der Waals surface area contributed by atoms with Gasteiger partial charge in [0.1, 0.15) is 5.76 Å². The first kappa shape index (κ1) is 23.0. The Morgan fingerprint density at radius 2 is 1.66 bits per heavy atom. The molecule has 1 heterocycles. The van der Waals surface area contributed by atoms with Gasteiger partial charge in [0.05, 0.1) is 32.6 Å². The van der Waals surface area contributed by atoms with Crippen molar-refractivity contribution >= 4 is 29.9 Å². The lowest BCUT2D eigenvalue weighted by molar-refractivity contribution is 0.106. The number of nitrogens with one attached hydrogen (secondary N) is 2. The summed E-state index contributed by atoms with van der Waals surface area (Å²) in [6.07, 6.45) is 1.67. The van der Waals surface area contributed by atoms with E-state index in [1.54, 1.807) is 6.26 Å². The third kappa shape index (κ3) is 7.91. The smallest absolute Gasteiger partial charge is 0.191 e. The molecule has 154 valence electrons. The van der Waals surface area contributed by atoms with Crippen LogP contribution in [0.3, 0.4) is 0 Å². The van der Waals surface area contributed by atoms with E-state index in [9.17, 15) is 0 Å². The zero-order chi connectivity index (χ0) is 19.4. The van der Waals surface area contributed by atoms with E-state index in [1.807, 2.05) is 42.5 Å². The molecule has 0 unspecified atom stereocenters. The Hall–Kier alpha value is -2.32.